The molecule has 0 saturated carbocycles. The molecule has 110 valence electrons. The molecule has 1 rings (SSSR count). The fraction of sp³-hybridized carbons (Fsp3) is 0.538. The maximum Gasteiger partial charge on any atom is 0.220 e. The third kappa shape index (κ3) is 4.19. The van der Waals surface area contributed by atoms with Crippen molar-refractivity contribution in [3.63, 3.8) is 0 Å². The van der Waals surface area contributed by atoms with E-state index >= 15 is 0 Å². The third-order valence-corrected chi connectivity index (χ3v) is 4.06. The highest BCUT2D eigenvalue weighted by atomic mass is 32.2. The highest BCUT2D eigenvalue weighted by molar-refractivity contribution is 8.00. The van der Waals surface area contributed by atoms with Gasteiger partial charge >= 0.3 is 0 Å². The number of nitrogens with one attached hydrogen (secondary N) is 1. The van der Waals surface area contributed by atoms with Gasteiger partial charge < -0.3 is 14.9 Å². The number of aromatic nitrogens is 2. The van der Waals surface area contributed by atoms with E-state index < -0.39 is 5.25 Å². The second-order valence-corrected chi connectivity index (χ2v) is 6.22. The molecule has 0 aliphatic carbocycles. The van der Waals surface area contributed by atoms with E-state index in [-0.39, 0.29) is 11.2 Å². The minimum absolute atomic E-state index is 0.270. The predicted octanol–water partition coefficient (Wildman–Crippen LogP) is 2.22. The van der Waals surface area contributed by atoms with E-state index in [0.29, 0.717) is 16.9 Å². The Hall–Kier alpha value is -1.63. The lowest BCUT2D eigenvalue weighted by atomic mass is 9.89. The molecule has 1 heterocycles. The molecule has 1 N–H and O–H groups in total. The van der Waals surface area contributed by atoms with Crippen molar-refractivity contribution >= 4 is 23.8 Å². The van der Waals surface area contributed by atoms with Gasteiger partial charge in [0.1, 0.15) is 0 Å². The maximum atomic E-state index is 11.9. The van der Waals surface area contributed by atoms with Gasteiger partial charge in [-0.2, -0.15) is 9.97 Å². The van der Waals surface area contributed by atoms with Crippen molar-refractivity contribution < 1.29 is 14.3 Å². The summed E-state index contributed by atoms with van der Waals surface area (Å²) in [7, 11) is 3.00. The second kappa shape index (κ2) is 6.69. The van der Waals surface area contributed by atoms with E-state index in [1.807, 2.05) is 20.8 Å². The largest absolute Gasteiger partial charge is 0.481 e. The van der Waals surface area contributed by atoms with Crippen molar-refractivity contribution in [3.05, 3.63) is 6.07 Å². The van der Waals surface area contributed by atoms with Gasteiger partial charge in [-0.25, -0.2) is 0 Å². The molecule has 0 bridgehead atoms. The summed E-state index contributed by atoms with van der Waals surface area (Å²) in [4.78, 5) is 20.3. The first-order valence-electron chi connectivity index (χ1n) is 6.00. The Morgan fingerprint density at radius 2 is 1.80 bits per heavy atom. The highest BCUT2D eigenvalue weighted by Crippen LogP contribution is 2.35. The predicted molar refractivity (Wildman–Crippen MR) is 78.0 cm³/mol. The zero-order valence-electron chi connectivity index (χ0n) is 12.3. The fourth-order valence-electron chi connectivity index (χ4n) is 1.49. The number of thioether (sulfide) groups is 1. The van der Waals surface area contributed by atoms with Crippen molar-refractivity contribution in [2.75, 3.05) is 14.2 Å². The highest BCUT2D eigenvalue weighted by Gasteiger charge is 2.32. The average Bonchev–Trinajstić information content (AvgIpc) is 2.42. The van der Waals surface area contributed by atoms with Crippen molar-refractivity contribution in [2.45, 2.75) is 31.2 Å². The minimum atomic E-state index is -0.447. The lowest BCUT2D eigenvalue weighted by molar-refractivity contribution is -0.113. The van der Waals surface area contributed by atoms with Crippen LogP contribution in [0.5, 0.6) is 11.8 Å². The fourth-order valence-corrected chi connectivity index (χ4v) is 2.52. The third-order valence-electron chi connectivity index (χ3n) is 2.49. The lowest BCUT2D eigenvalue weighted by Gasteiger charge is -2.27. The van der Waals surface area contributed by atoms with Crippen LogP contribution < -0.4 is 9.47 Å². The molecular formula is C13H19N3O3S. The summed E-state index contributed by atoms with van der Waals surface area (Å²) >= 11 is 1.20. The molecule has 6 nitrogen and oxygen atoms in total. The van der Waals surface area contributed by atoms with Crippen LogP contribution in [0.2, 0.25) is 0 Å². The Labute approximate surface area is 122 Å². The summed E-state index contributed by atoms with van der Waals surface area (Å²) in [5, 5.41) is 7.10. The zero-order valence-corrected chi connectivity index (χ0v) is 13.1. The normalized spacial score (nSPS) is 12.7. The maximum absolute atomic E-state index is 11.9. The summed E-state index contributed by atoms with van der Waals surface area (Å²) in [6.45, 7) is 5.80. The number of hydrogen-bond donors (Lipinski definition) is 1. The van der Waals surface area contributed by atoms with Crippen LogP contribution in [-0.2, 0) is 4.79 Å². The van der Waals surface area contributed by atoms with Crippen LogP contribution in [0.1, 0.15) is 20.8 Å². The van der Waals surface area contributed by atoms with Gasteiger partial charge in [0, 0.05) is 0 Å². The van der Waals surface area contributed by atoms with Crippen LogP contribution in [-0.4, -0.2) is 41.4 Å². The summed E-state index contributed by atoms with van der Waals surface area (Å²) in [6, 6.07) is 1.56. The van der Waals surface area contributed by atoms with E-state index in [1.54, 1.807) is 6.07 Å². The number of ketones is 1. The molecule has 0 saturated heterocycles. The molecular weight excluding hydrogens is 278 g/mol. The molecule has 1 aromatic heterocycles. The molecule has 1 atom stereocenters. The monoisotopic (exact) mass is 297 g/mol. The number of hydrogen-bond acceptors (Lipinski definition) is 7. The van der Waals surface area contributed by atoms with Gasteiger partial charge in [-0.15, -0.1) is 0 Å². The molecule has 7 heteroatoms. The van der Waals surface area contributed by atoms with Gasteiger partial charge in [0.15, 0.2) is 10.9 Å². The van der Waals surface area contributed by atoms with Gasteiger partial charge in [-0.05, 0) is 5.41 Å². The molecule has 0 amide bonds. The number of Topliss-reactive ketones (excluding diaryl/α,β-unsaturated/α-hetero) is 1. The number of ether oxygens (including phenoxy) is 2. The molecule has 0 aliphatic rings. The lowest BCUT2D eigenvalue weighted by Crippen LogP contribution is -2.32. The number of rotatable bonds is 6. The van der Waals surface area contributed by atoms with Crippen molar-refractivity contribution in [1.82, 2.24) is 9.97 Å². The zero-order chi connectivity index (χ0) is 15.3. The molecule has 0 fully saturated rings. The number of carbonyl (C=O) groups is 1. The van der Waals surface area contributed by atoms with Gasteiger partial charge in [0.2, 0.25) is 11.8 Å². The van der Waals surface area contributed by atoms with E-state index in [4.69, 9.17) is 14.9 Å². The van der Waals surface area contributed by atoms with E-state index in [1.165, 1.54) is 26.0 Å². The van der Waals surface area contributed by atoms with Crippen molar-refractivity contribution in [2.24, 2.45) is 5.41 Å². The minimum Gasteiger partial charge on any atom is -0.481 e. The molecule has 1 aromatic rings. The smallest absolute Gasteiger partial charge is 0.220 e. The Bertz CT molecular complexity index is 478. The van der Waals surface area contributed by atoms with E-state index in [0.717, 1.165) is 6.21 Å². The SMILES string of the molecule is COc1cc(OC)nc(SC(C(=O)C=N)C(C)(C)C)n1. The molecule has 0 spiro atoms. The molecule has 0 aromatic carbocycles. The van der Waals surface area contributed by atoms with Crippen LogP contribution in [0.3, 0.4) is 0 Å². The summed E-state index contributed by atoms with van der Waals surface area (Å²) in [5.74, 6) is 0.469. The number of methoxy groups -OCH3 is 2. The summed E-state index contributed by atoms with van der Waals surface area (Å²) < 4.78 is 10.2. The molecule has 0 radical (unpaired) electrons. The number of carbonyl (C=O) groups excluding carboxylic acids is 1. The molecule has 1 unspecified atom stereocenters. The Morgan fingerprint density at radius 3 is 2.15 bits per heavy atom. The van der Waals surface area contributed by atoms with Gasteiger partial charge in [-0.3, -0.25) is 4.79 Å². The van der Waals surface area contributed by atoms with Crippen LogP contribution in [0, 0.1) is 10.8 Å². The van der Waals surface area contributed by atoms with E-state index in [9.17, 15) is 4.79 Å². The van der Waals surface area contributed by atoms with Gasteiger partial charge in [0.05, 0.1) is 31.8 Å². The van der Waals surface area contributed by atoms with Crippen molar-refractivity contribution in [1.29, 1.82) is 5.41 Å². The van der Waals surface area contributed by atoms with Gasteiger partial charge in [0.25, 0.3) is 0 Å². The van der Waals surface area contributed by atoms with Crippen LogP contribution in [0.25, 0.3) is 0 Å². The quantitative estimate of drug-likeness (QED) is 0.492. The Kier molecular flexibility index (Phi) is 5.50. The summed E-state index contributed by atoms with van der Waals surface area (Å²) in [6.07, 6.45) is 0.834. The Balaban J connectivity index is 3.10. The first-order chi connectivity index (χ1) is 9.31. The molecule has 0 aliphatic heterocycles. The van der Waals surface area contributed by atoms with Crippen LogP contribution in [0.4, 0.5) is 0 Å². The molecule has 20 heavy (non-hydrogen) atoms. The van der Waals surface area contributed by atoms with E-state index in [2.05, 4.69) is 9.97 Å². The van der Waals surface area contributed by atoms with Gasteiger partial charge in [-0.1, -0.05) is 32.5 Å². The van der Waals surface area contributed by atoms with Crippen LogP contribution >= 0.6 is 11.8 Å². The number of nitrogens with zero attached hydrogens (tertiary/aromatic N) is 2. The first kappa shape index (κ1) is 16.4. The standard InChI is InChI=1S/C13H19N3O3S/c1-13(2,3)11(8(17)7-14)20-12-15-9(18-4)6-10(16-12)19-5/h6-7,11,14H,1-5H3. The van der Waals surface area contributed by atoms with Crippen LogP contribution in [0.15, 0.2) is 11.2 Å². The topological polar surface area (TPSA) is 85.2 Å². The summed E-state index contributed by atoms with van der Waals surface area (Å²) in [5.41, 5.74) is -0.320. The second-order valence-electron chi connectivity index (χ2n) is 5.15. The Morgan fingerprint density at radius 1 is 1.30 bits per heavy atom. The van der Waals surface area contributed by atoms with Crippen molar-refractivity contribution in [3.8, 4) is 11.8 Å². The first-order valence-corrected chi connectivity index (χ1v) is 6.87. The average molecular weight is 297 g/mol.